The summed E-state index contributed by atoms with van der Waals surface area (Å²) in [6.07, 6.45) is -3.69. The Morgan fingerprint density at radius 3 is 2.31 bits per heavy atom. The molecular weight excluding hydrogens is 471 g/mol. The number of aromatic amines is 1. The van der Waals surface area contributed by atoms with Crippen LogP contribution < -0.4 is 10.6 Å². The first-order valence-electron chi connectivity index (χ1n) is 10.8. The molecule has 0 bridgehead atoms. The van der Waals surface area contributed by atoms with Crippen LogP contribution in [0, 0.1) is 0 Å². The Balaban J connectivity index is 2.31. The first kappa shape index (κ1) is 27.7. The third kappa shape index (κ3) is 7.72. The maximum absolute atomic E-state index is 12.8. The number of H-pyrrole nitrogens is 1. The monoisotopic (exact) mass is 499 g/mol. The minimum Gasteiger partial charge on any atom is -0.462 e. The van der Waals surface area contributed by atoms with E-state index in [-0.39, 0.29) is 18.6 Å². The maximum Gasteiger partial charge on any atom is 0.471 e. The van der Waals surface area contributed by atoms with Gasteiger partial charge < -0.3 is 25.1 Å². The van der Waals surface area contributed by atoms with Crippen molar-refractivity contribution in [3.8, 4) is 0 Å². The van der Waals surface area contributed by atoms with Crippen LogP contribution >= 0.6 is 0 Å². The highest BCUT2D eigenvalue weighted by Gasteiger charge is 2.40. The lowest BCUT2D eigenvalue weighted by Crippen LogP contribution is -2.53. The van der Waals surface area contributed by atoms with Crippen molar-refractivity contribution < 1.29 is 41.8 Å². The summed E-state index contributed by atoms with van der Waals surface area (Å²) < 4.78 is 48.0. The molecule has 3 N–H and O–H groups in total. The average Bonchev–Trinajstić information content (AvgIpc) is 3.13. The number of hydrogen-bond acceptors (Lipinski definition) is 6. The van der Waals surface area contributed by atoms with Crippen LogP contribution in [0.5, 0.6) is 0 Å². The molecule has 1 unspecified atom stereocenters. The lowest BCUT2D eigenvalue weighted by atomic mass is 10.0. The number of ether oxygens (including phenoxy) is 2. The van der Waals surface area contributed by atoms with Crippen molar-refractivity contribution in [2.45, 2.75) is 64.9 Å². The first-order chi connectivity index (χ1) is 16.1. The second-order valence-corrected chi connectivity index (χ2v) is 8.79. The molecule has 35 heavy (non-hydrogen) atoms. The minimum absolute atomic E-state index is 0.104. The van der Waals surface area contributed by atoms with Gasteiger partial charge in [-0.15, -0.1) is 0 Å². The third-order valence-corrected chi connectivity index (χ3v) is 4.71. The Morgan fingerprint density at radius 2 is 1.74 bits per heavy atom. The number of benzene rings is 1. The van der Waals surface area contributed by atoms with Crippen LogP contribution in [-0.2, 0) is 30.3 Å². The zero-order valence-electron chi connectivity index (χ0n) is 20.0. The molecule has 0 aliphatic rings. The first-order valence-corrected chi connectivity index (χ1v) is 10.8. The number of hydrogen-bond donors (Lipinski definition) is 3. The summed E-state index contributed by atoms with van der Waals surface area (Å²) in [7, 11) is 0. The fraction of sp³-hybridized carbons (Fsp3) is 0.478. The molecule has 0 fully saturated rings. The van der Waals surface area contributed by atoms with E-state index in [0.717, 1.165) is 6.92 Å². The lowest BCUT2D eigenvalue weighted by Gasteiger charge is -2.25. The SMILES string of the molecule is CCOC(=O)c1ccc2[nH]cc(CC(NC(=O)[C@H](C)NC(=O)C(F)(F)F)C(=O)OC(C)(C)C)c2c1. The predicted octanol–water partition coefficient (Wildman–Crippen LogP) is 2.78. The number of alkyl halides is 3. The molecule has 2 rings (SSSR count). The van der Waals surface area contributed by atoms with Gasteiger partial charge in [-0.3, -0.25) is 9.59 Å². The Labute approximate surface area is 199 Å². The molecule has 9 nitrogen and oxygen atoms in total. The van der Waals surface area contributed by atoms with E-state index >= 15 is 0 Å². The molecule has 2 amide bonds. The number of nitrogens with one attached hydrogen (secondary N) is 3. The van der Waals surface area contributed by atoms with Crippen LogP contribution in [0.1, 0.15) is 50.5 Å². The molecule has 0 saturated carbocycles. The molecule has 0 saturated heterocycles. The average molecular weight is 499 g/mol. The van der Waals surface area contributed by atoms with Crippen LogP contribution in [0.15, 0.2) is 24.4 Å². The van der Waals surface area contributed by atoms with Crippen molar-refractivity contribution in [3.63, 3.8) is 0 Å². The number of esters is 2. The van der Waals surface area contributed by atoms with E-state index in [1.54, 1.807) is 57.4 Å². The molecule has 0 radical (unpaired) electrons. The molecule has 1 aromatic carbocycles. The van der Waals surface area contributed by atoms with Gasteiger partial charge in [0.05, 0.1) is 12.2 Å². The number of aromatic nitrogens is 1. The Kier molecular flexibility index (Phi) is 8.53. The maximum atomic E-state index is 12.8. The van der Waals surface area contributed by atoms with E-state index in [9.17, 15) is 32.3 Å². The Morgan fingerprint density at radius 1 is 1.09 bits per heavy atom. The van der Waals surface area contributed by atoms with Gasteiger partial charge in [-0.1, -0.05) is 0 Å². The standard InChI is InChI=1S/C23H28F3N3O6/c1-6-34-19(31)13-7-8-16-15(9-13)14(11-27-16)10-17(20(32)35-22(3,4)5)29-18(30)12(2)28-21(33)23(24,25)26/h7-9,11-12,17,27H,6,10H2,1-5H3,(H,28,33)(H,29,30)/t12-,17?/m0/s1. The summed E-state index contributed by atoms with van der Waals surface area (Å²) in [5, 5.41) is 4.48. The van der Waals surface area contributed by atoms with Gasteiger partial charge >= 0.3 is 24.0 Å². The van der Waals surface area contributed by atoms with Crippen LogP contribution in [0.2, 0.25) is 0 Å². The van der Waals surface area contributed by atoms with Gasteiger partial charge in [0.2, 0.25) is 5.91 Å². The topological polar surface area (TPSA) is 127 Å². The highest BCUT2D eigenvalue weighted by atomic mass is 19.4. The molecule has 2 aromatic rings. The fourth-order valence-electron chi connectivity index (χ4n) is 3.12. The van der Waals surface area contributed by atoms with Crippen molar-refractivity contribution >= 4 is 34.7 Å². The third-order valence-electron chi connectivity index (χ3n) is 4.71. The van der Waals surface area contributed by atoms with E-state index < -0.39 is 47.6 Å². The number of carbonyl (C=O) groups excluding carboxylic acids is 4. The smallest absolute Gasteiger partial charge is 0.462 e. The van der Waals surface area contributed by atoms with Crippen molar-refractivity contribution in [1.82, 2.24) is 15.6 Å². The van der Waals surface area contributed by atoms with Crippen molar-refractivity contribution in [2.75, 3.05) is 6.61 Å². The Hall–Kier alpha value is -3.57. The van der Waals surface area contributed by atoms with Gasteiger partial charge in [0.1, 0.15) is 17.7 Å². The van der Waals surface area contributed by atoms with Gasteiger partial charge in [0, 0.05) is 23.5 Å². The van der Waals surface area contributed by atoms with E-state index in [4.69, 9.17) is 9.47 Å². The Bertz CT molecular complexity index is 1100. The minimum atomic E-state index is -5.17. The highest BCUT2D eigenvalue weighted by Crippen LogP contribution is 2.23. The number of rotatable bonds is 8. The van der Waals surface area contributed by atoms with Crippen LogP contribution in [0.3, 0.4) is 0 Å². The molecule has 2 atom stereocenters. The van der Waals surface area contributed by atoms with Crippen LogP contribution in [0.4, 0.5) is 13.2 Å². The molecular formula is C23H28F3N3O6. The molecule has 0 aliphatic carbocycles. The van der Waals surface area contributed by atoms with Crippen molar-refractivity contribution in [1.29, 1.82) is 0 Å². The largest absolute Gasteiger partial charge is 0.471 e. The summed E-state index contributed by atoms with van der Waals surface area (Å²) >= 11 is 0. The van der Waals surface area contributed by atoms with Gasteiger partial charge in [0.15, 0.2) is 0 Å². The molecule has 1 aromatic heterocycles. The molecule has 192 valence electrons. The van der Waals surface area contributed by atoms with Crippen molar-refractivity contribution in [3.05, 3.63) is 35.5 Å². The lowest BCUT2D eigenvalue weighted by molar-refractivity contribution is -0.174. The zero-order chi connectivity index (χ0) is 26.6. The number of fused-ring (bicyclic) bond motifs is 1. The highest BCUT2D eigenvalue weighted by molar-refractivity contribution is 5.96. The normalized spacial score (nSPS) is 13.6. The predicted molar refractivity (Wildman–Crippen MR) is 119 cm³/mol. The summed E-state index contributed by atoms with van der Waals surface area (Å²) in [6.45, 7) is 7.77. The van der Waals surface area contributed by atoms with Gasteiger partial charge in [0.25, 0.3) is 0 Å². The summed E-state index contributed by atoms with van der Waals surface area (Å²) in [5.74, 6) is -4.65. The van der Waals surface area contributed by atoms with Crippen LogP contribution in [-0.4, -0.2) is 59.2 Å². The van der Waals surface area contributed by atoms with E-state index in [1.807, 2.05) is 0 Å². The van der Waals surface area contributed by atoms with E-state index in [0.29, 0.717) is 16.5 Å². The van der Waals surface area contributed by atoms with Crippen molar-refractivity contribution in [2.24, 2.45) is 0 Å². The molecule has 0 aliphatic heterocycles. The van der Waals surface area contributed by atoms with Gasteiger partial charge in [-0.05, 0) is 58.4 Å². The molecule has 12 heteroatoms. The second-order valence-electron chi connectivity index (χ2n) is 8.79. The zero-order valence-corrected chi connectivity index (χ0v) is 20.0. The summed E-state index contributed by atoms with van der Waals surface area (Å²) in [5.41, 5.74) is 0.553. The number of halogens is 3. The van der Waals surface area contributed by atoms with Crippen LogP contribution in [0.25, 0.3) is 10.9 Å². The fourth-order valence-corrected chi connectivity index (χ4v) is 3.12. The number of carbonyl (C=O) groups is 4. The van der Waals surface area contributed by atoms with E-state index in [2.05, 4.69) is 10.3 Å². The van der Waals surface area contributed by atoms with Gasteiger partial charge in [-0.25, -0.2) is 9.59 Å². The second kappa shape index (κ2) is 10.8. The molecule has 0 spiro atoms. The summed E-state index contributed by atoms with van der Waals surface area (Å²) in [6, 6.07) is 1.92. The van der Waals surface area contributed by atoms with E-state index in [1.165, 1.54) is 0 Å². The molecule has 1 heterocycles. The number of amides is 2. The quantitative estimate of drug-likeness (QED) is 0.480. The van der Waals surface area contributed by atoms with Gasteiger partial charge in [-0.2, -0.15) is 13.2 Å². The summed E-state index contributed by atoms with van der Waals surface area (Å²) in [4.78, 5) is 51.6.